The van der Waals surface area contributed by atoms with E-state index in [9.17, 15) is 15.0 Å². The van der Waals surface area contributed by atoms with Crippen LogP contribution in [-0.2, 0) is 4.74 Å². The Balaban J connectivity index is 1.65. The van der Waals surface area contributed by atoms with Crippen molar-refractivity contribution in [3.63, 3.8) is 0 Å². The third kappa shape index (κ3) is 3.05. The van der Waals surface area contributed by atoms with E-state index in [4.69, 9.17) is 4.74 Å². The molecule has 140 valence electrons. The van der Waals surface area contributed by atoms with E-state index in [0.717, 1.165) is 0 Å². The number of aliphatic hydroxyl groups is 2. The Hall–Kier alpha value is -2.88. The molecule has 9 nitrogen and oxygen atoms in total. The van der Waals surface area contributed by atoms with Crippen LogP contribution in [0.5, 0.6) is 0 Å². The molecule has 0 aliphatic carbocycles. The summed E-state index contributed by atoms with van der Waals surface area (Å²) in [5.41, 5.74) is 1.36. The molecule has 27 heavy (non-hydrogen) atoms. The van der Waals surface area contributed by atoms with Gasteiger partial charge in [-0.05, 0) is 12.1 Å². The topological polar surface area (TPSA) is 122 Å². The van der Waals surface area contributed by atoms with Gasteiger partial charge in [0, 0.05) is 11.5 Å². The summed E-state index contributed by atoms with van der Waals surface area (Å²) >= 11 is 0. The van der Waals surface area contributed by atoms with Crippen molar-refractivity contribution < 1.29 is 19.7 Å². The summed E-state index contributed by atoms with van der Waals surface area (Å²) in [6.07, 6.45) is 0.879. The first-order chi connectivity index (χ1) is 13.1. The molecule has 9 heteroatoms. The predicted molar refractivity (Wildman–Crippen MR) is 95.0 cm³/mol. The van der Waals surface area contributed by atoms with Crippen LogP contribution in [0.2, 0.25) is 0 Å². The van der Waals surface area contributed by atoms with Gasteiger partial charge in [-0.2, -0.15) is 5.10 Å². The second kappa shape index (κ2) is 7.03. The fourth-order valence-corrected chi connectivity index (χ4v) is 3.23. The highest BCUT2D eigenvalue weighted by atomic mass is 16.5. The number of rotatable bonds is 4. The van der Waals surface area contributed by atoms with Crippen LogP contribution in [-0.4, -0.2) is 54.5 Å². The molecule has 1 saturated heterocycles. The number of fused-ring (bicyclic) bond motifs is 1. The largest absolute Gasteiger partial charge is 0.394 e. The van der Waals surface area contributed by atoms with Crippen LogP contribution in [0.25, 0.3) is 5.65 Å². The van der Waals surface area contributed by atoms with Crippen molar-refractivity contribution >= 4 is 17.4 Å². The number of carbonyl (C=O) groups excluding carboxylic acids is 1. The lowest BCUT2D eigenvalue weighted by atomic mass is 9.98. The second-order valence-electron chi connectivity index (χ2n) is 6.47. The van der Waals surface area contributed by atoms with Gasteiger partial charge in [0.25, 0.3) is 5.91 Å². The molecular formula is C18H19N5O4. The quantitative estimate of drug-likeness (QED) is 0.622. The van der Waals surface area contributed by atoms with Gasteiger partial charge in [0.1, 0.15) is 12.4 Å². The smallest absolute Gasteiger partial charge is 0.256 e. The van der Waals surface area contributed by atoms with Gasteiger partial charge in [-0.3, -0.25) is 4.79 Å². The zero-order valence-corrected chi connectivity index (χ0v) is 14.6. The number of amides is 1. The Labute approximate surface area is 154 Å². The van der Waals surface area contributed by atoms with Crippen LogP contribution in [0, 0.1) is 5.92 Å². The molecule has 0 saturated carbocycles. The number of nitrogens with one attached hydrogen (secondary N) is 1. The molecule has 0 bridgehead atoms. The van der Waals surface area contributed by atoms with Gasteiger partial charge < -0.3 is 20.3 Å². The van der Waals surface area contributed by atoms with Crippen molar-refractivity contribution in [2.24, 2.45) is 5.92 Å². The van der Waals surface area contributed by atoms with Gasteiger partial charge in [-0.15, -0.1) is 0 Å². The molecule has 2 aromatic heterocycles. The lowest BCUT2D eigenvalue weighted by molar-refractivity contribution is -0.0152. The van der Waals surface area contributed by atoms with E-state index < -0.39 is 18.3 Å². The Morgan fingerprint density at radius 1 is 1.30 bits per heavy atom. The number of imidazole rings is 1. The number of hydrogen-bond acceptors (Lipinski definition) is 7. The van der Waals surface area contributed by atoms with Crippen molar-refractivity contribution in [2.75, 3.05) is 11.9 Å². The maximum absolute atomic E-state index is 12.4. The van der Waals surface area contributed by atoms with Gasteiger partial charge in [0.2, 0.25) is 0 Å². The fraction of sp³-hybridized carbons (Fsp3) is 0.333. The highest BCUT2D eigenvalue weighted by molar-refractivity contribution is 6.05. The molecule has 4 rings (SSSR count). The molecule has 3 aromatic rings. The highest BCUT2D eigenvalue weighted by Gasteiger charge is 2.42. The normalized spacial score (nSPS) is 25.0. The Morgan fingerprint density at radius 2 is 2.07 bits per heavy atom. The van der Waals surface area contributed by atoms with Gasteiger partial charge in [-0.1, -0.05) is 25.1 Å². The minimum absolute atomic E-state index is 0.182. The van der Waals surface area contributed by atoms with Gasteiger partial charge in [-0.25, -0.2) is 14.5 Å². The first-order valence-electron chi connectivity index (χ1n) is 8.59. The minimum Gasteiger partial charge on any atom is -0.394 e. The molecule has 3 N–H and O–H groups in total. The summed E-state index contributed by atoms with van der Waals surface area (Å²) in [6.45, 7) is 1.63. The molecule has 1 aliphatic heterocycles. The minimum atomic E-state index is -0.806. The molecule has 0 radical (unpaired) electrons. The maximum atomic E-state index is 12.4. The Bertz CT molecular complexity index is 961. The Morgan fingerprint density at radius 3 is 2.78 bits per heavy atom. The van der Waals surface area contributed by atoms with E-state index >= 15 is 0 Å². The molecule has 0 unspecified atom stereocenters. The summed E-state index contributed by atoms with van der Waals surface area (Å²) in [5.74, 6) is -0.291. The maximum Gasteiger partial charge on any atom is 0.256 e. The number of aromatic nitrogens is 4. The number of nitrogens with zero attached hydrogens (tertiary/aromatic N) is 4. The summed E-state index contributed by atoms with van der Waals surface area (Å²) < 4.78 is 7.25. The van der Waals surface area contributed by atoms with Crippen molar-refractivity contribution in [2.45, 2.75) is 25.2 Å². The van der Waals surface area contributed by atoms with Crippen LogP contribution in [0.1, 0.15) is 29.1 Å². The van der Waals surface area contributed by atoms with E-state index in [-0.39, 0.29) is 24.2 Å². The van der Waals surface area contributed by atoms with Crippen molar-refractivity contribution in [3.8, 4) is 0 Å². The monoisotopic (exact) mass is 369 g/mol. The highest BCUT2D eigenvalue weighted by Crippen LogP contribution is 2.37. The Kier molecular flexibility index (Phi) is 4.56. The first-order valence-corrected chi connectivity index (χ1v) is 8.59. The number of hydrogen-bond donors (Lipinski definition) is 3. The average Bonchev–Trinajstić information content (AvgIpc) is 3.25. The van der Waals surface area contributed by atoms with Gasteiger partial charge in [0.05, 0.1) is 30.7 Å². The van der Waals surface area contributed by atoms with Crippen LogP contribution in [0.15, 0.2) is 42.9 Å². The number of ether oxygens (including phenoxy) is 1. The molecule has 0 spiro atoms. The number of anilines is 1. The second-order valence-corrected chi connectivity index (χ2v) is 6.47. The molecule has 1 aliphatic rings. The molecule has 1 aromatic carbocycles. The molecule has 1 amide bonds. The van der Waals surface area contributed by atoms with E-state index in [0.29, 0.717) is 16.9 Å². The third-order valence-electron chi connectivity index (χ3n) is 4.83. The van der Waals surface area contributed by atoms with Crippen molar-refractivity contribution in [1.82, 2.24) is 19.6 Å². The van der Waals surface area contributed by atoms with Crippen LogP contribution >= 0.6 is 0 Å². The van der Waals surface area contributed by atoms with E-state index in [1.807, 2.05) is 13.0 Å². The number of carbonyl (C=O) groups is 1. The zero-order valence-electron chi connectivity index (χ0n) is 14.6. The molecule has 1 fully saturated rings. The van der Waals surface area contributed by atoms with E-state index in [1.165, 1.54) is 17.0 Å². The average molecular weight is 369 g/mol. The molecular weight excluding hydrogens is 350 g/mol. The van der Waals surface area contributed by atoms with Crippen LogP contribution < -0.4 is 5.32 Å². The fourth-order valence-electron chi connectivity index (χ4n) is 3.23. The molecule has 3 heterocycles. The van der Waals surface area contributed by atoms with Crippen LogP contribution in [0.3, 0.4) is 0 Å². The molecule has 4 atom stereocenters. The summed E-state index contributed by atoms with van der Waals surface area (Å²) in [4.78, 5) is 20.8. The summed E-state index contributed by atoms with van der Waals surface area (Å²) in [6, 6.07) is 8.77. The number of aliphatic hydroxyl groups excluding tert-OH is 2. The zero-order chi connectivity index (χ0) is 19.0. The van der Waals surface area contributed by atoms with E-state index in [1.54, 1.807) is 24.3 Å². The predicted octanol–water partition coefficient (Wildman–Crippen LogP) is 0.806. The summed E-state index contributed by atoms with van der Waals surface area (Å²) in [7, 11) is 0. The van der Waals surface area contributed by atoms with Gasteiger partial charge >= 0.3 is 0 Å². The SMILES string of the molecule is C[C@H]1[C@@H](O)[C@H](c2cnc3c(NC(=O)c4ccccc4)ncnn23)O[C@@H]1CO. The lowest BCUT2D eigenvalue weighted by Crippen LogP contribution is -2.24. The summed E-state index contributed by atoms with van der Waals surface area (Å²) in [5, 5.41) is 26.8. The van der Waals surface area contributed by atoms with Crippen molar-refractivity contribution in [1.29, 1.82) is 0 Å². The lowest BCUT2D eigenvalue weighted by Gasteiger charge is -2.14. The van der Waals surface area contributed by atoms with Gasteiger partial charge in [0.15, 0.2) is 11.5 Å². The number of benzene rings is 1. The standard InChI is InChI=1S/C18H19N5O4/c1-10-13(8-24)27-15(14(10)25)12-7-19-17-16(20-9-21-23(12)17)22-18(26)11-5-3-2-4-6-11/h2-7,9-10,13-15,24-25H,8H2,1H3,(H,20,21,22,26)/t10-,13-,14-,15+/m1/s1. The van der Waals surface area contributed by atoms with E-state index in [2.05, 4.69) is 20.4 Å². The van der Waals surface area contributed by atoms with Crippen molar-refractivity contribution in [3.05, 3.63) is 54.1 Å². The van der Waals surface area contributed by atoms with Crippen LogP contribution in [0.4, 0.5) is 5.82 Å². The first kappa shape index (κ1) is 17.5. The third-order valence-corrected chi connectivity index (χ3v) is 4.83.